The lowest BCUT2D eigenvalue weighted by atomic mass is 10.2. The van der Waals surface area contributed by atoms with Gasteiger partial charge in [0.05, 0.1) is 11.6 Å². The number of carbonyl (C=O) groups excluding carboxylic acids is 1. The van der Waals surface area contributed by atoms with Crippen molar-refractivity contribution < 1.29 is 14.7 Å². The summed E-state index contributed by atoms with van der Waals surface area (Å²) in [6, 6.07) is 7.93. The quantitative estimate of drug-likeness (QED) is 0.909. The van der Waals surface area contributed by atoms with E-state index in [4.69, 9.17) is 10.4 Å². The molecule has 2 amide bonds. The van der Waals surface area contributed by atoms with Crippen molar-refractivity contribution in [2.75, 3.05) is 18.5 Å². The number of nitriles is 1. The fraction of sp³-hybridized carbons (Fsp3) is 0.357. The molecule has 106 valence electrons. The van der Waals surface area contributed by atoms with Crippen LogP contribution in [0.3, 0.4) is 0 Å². The van der Waals surface area contributed by atoms with Crippen LogP contribution in [0.1, 0.15) is 19.4 Å². The summed E-state index contributed by atoms with van der Waals surface area (Å²) < 4.78 is 0. The Morgan fingerprint density at radius 1 is 1.40 bits per heavy atom. The molecule has 0 fully saturated rings. The molecule has 0 aliphatic rings. The van der Waals surface area contributed by atoms with Crippen molar-refractivity contribution in [1.29, 1.82) is 5.26 Å². The third-order valence-electron chi connectivity index (χ3n) is 2.82. The highest BCUT2D eigenvalue weighted by molar-refractivity contribution is 5.93. The molecule has 0 aromatic heterocycles. The van der Waals surface area contributed by atoms with Crippen molar-refractivity contribution in [2.45, 2.75) is 19.9 Å². The van der Waals surface area contributed by atoms with Crippen molar-refractivity contribution in [3.05, 3.63) is 29.8 Å². The number of anilines is 1. The Morgan fingerprint density at radius 3 is 2.55 bits per heavy atom. The SMILES string of the molecule is CC(C)N(CC(=O)O)C(=O)N(C)c1cccc(C#N)c1. The number of urea groups is 1. The van der Waals surface area contributed by atoms with Crippen LogP contribution in [-0.4, -0.2) is 41.6 Å². The Balaban J connectivity index is 2.99. The van der Waals surface area contributed by atoms with Gasteiger partial charge in [-0.15, -0.1) is 0 Å². The minimum absolute atomic E-state index is 0.236. The average molecular weight is 275 g/mol. The van der Waals surface area contributed by atoms with Crippen LogP contribution in [0.5, 0.6) is 0 Å². The van der Waals surface area contributed by atoms with Gasteiger partial charge in [0.2, 0.25) is 0 Å². The highest BCUT2D eigenvalue weighted by Gasteiger charge is 2.23. The van der Waals surface area contributed by atoms with E-state index >= 15 is 0 Å². The smallest absolute Gasteiger partial charge is 0.324 e. The monoisotopic (exact) mass is 275 g/mol. The summed E-state index contributed by atoms with van der Waals surface area (Å²) in [5.41, 5.74) is 0.988. The van der Waals surface area contributed by atoms with Crippen molar-refractivity contribution in [2.24, 2.45) is 0 Å². The van der Waals surface area contributed by atoms with E-state index in [1.165, 1.54) is 9.80 Å². The predicted molar refractivity (Wildman–Crippen MR) is 74.4 cm³/mol. The van der Waals surface area contributed by atoms with Crippen molar-refractivity contribution >= 4 is 17.7 Å². The van der Waals surface area contributed by atoms with Crippen LogP contribution in [0.15, 0.2) is 24.3 Å². The number of aliphatic carboxylic acids is 1. The molecule has 0 radical (unpaired) electrons. The second-order valence-corrected chi connectivity index (χ2v) is 4.62. The summed E-state index contributed by atoms with van der Waals surface area (Å²) in [6.07, 6.45) is 0. The van der Waals surface area contributed by atoms with Crippen LogP contribution in [-0.2, 0) is 4.79 Å². The molecule has 0 spiro atoms. The first-order valence-corrected chi connectivity index (χ1v) is 6.13. The number of carboxylic acids is 1. The maximum absolute atomic E-state index is 12.3. The molecule has 1 N–H and O–H groups in total. The van der Waals surface area contributed by atoms with Crippen LogP contribution in [0.4, 0.5) is 10.5 Å². The molecule has 6 heteroatoms. The van der Waals surface area contributed by atoms with Gasteiger partial charge >= 0.3 is 12.0 Å². The number of rotatable bonds is 4. The minimum atomic E-state index is -1.06. The number of amides is 2. The van der Waals surface area contributed by atoms with E-state index in [-0.39, 0.29) is 12.6 Å². The van der Waals surface area contributed by atoms with Crippen molar-refractivity contribution in [3.8, 4) is 6.07 Å². The number of nitrogens with zero attached hydrogens (tertiary/aromatic N) is 3. The molecule has 0 atom stereocenters. The molecule has 0 bridgehead atoms. The predicted octanol–water partition coefficient (Wildman–Crippen LogP) is 1.91. The Hall–Kier alpha value is -2.55. The van der Waals surface area contributed by atoms with Crippen LogP contribution in [0, 0.1) is 11.3 Å². The van der Waals surface area contributed by atoms with Gasteiger partial charge in [0.15, 0.2) is 0 Å². The highest BCUT2D eigenvalue weighted by Crippen LogP contribution is 2.17. The van der Waals surface area contributed by atoms with E-state index in [0.717, 1.165) is 0 Å². The standard InChI is InChI=1S/C14H17N3O3/c1-10(2)17(9-13(18)19)14(20)16(3)12-6-4-5-11(7-12)8-15/h4-7,10H,9H2,1-3H3,(H,18,19). The van der Waals surface area contributed by atoms with Gasteiger partial charge in [-0.25, -0.2) is 4.79 Å². The number of benzene rings is 1. The fourth-order valence-electron chi connectivity index (χ4n) is 1.70. The third-order valence-corrected chi connectivity index (χ3v) is 2.82. The Bertz CT molecular complexity index is 549. The number of hydrogen-bond acceptors (Lipinski definition) is 3. The largest absolute Gasteiger partial charge is 0.480 e. The molecule has 0 saturated heterocycles. The summed E-state index contributed by atoms with van der Waals surface area (Å²) in [7, 11) is 1.55. The van der Waals surface area contributed by atoms with Gasteiger partial charge in [-0.3, -0.25) is 9.69 Å². The molecular weight excluding hydrogens is 258 g/mol. The summed E-state index contributed by atoms with van der Waals surface area (Å²) in [6.45, 7) is 3.14. The maximum Gasteiger partial charge on any atom is 0.324 e. The van der Waals surface area contributed by atoms with Crippen molar-refractivity contribution in [3.63, 3.8) is 0 Å². The van der Waals surface area contributed by atoms with Gasteiger partial charge in [-0.2, -0.15) is 5.26 Å². The highest BCUT2D eigenvalue weighted by atomic mass is 16.4. The molecule has 20 heavy (non-hydrogen) atoms. The molecule has 1 aromatic rings. The number of carboxylic acid groups (broad SMARTS) is 1. The first-order chi connectivity index (χ1) is 9.36. The zero-order chi connectivity index (χ0) is 15.3. The van der Waals surface area contributed by atoms with Crippen LogP contribution in [0.2, 0.25) is 0 Å². The summed E-state index contributed by atoms with van der Waals surface area (Å²) in [5.74, 6) is -1.06. The second-order valence-electron chi connectivity index (χ2n) is 4.62. The summed E-state index contributed by atoms with van der Waals surface area (Å²) in [5, 5.41) is 17.7. The fourth-order valence-corrected chi connectivity index (χ4v) is 1.70. The average Bonchev–Trinajstić information content (AvgIpc) is 2.42. The molecule has 0 saturated carbocycles. The molecule has 1 rings (SSSR count). The zero-order valence-electron chi connectivity index (χ0n) is 11.7. The lowest BCUT2D eigenvalue weighted by Gasteiger charge is -2.30. The van der Waals surface area contributed by atoms with Gasteiger partial charge in [0, 0.05) is 18.8 Å². The number of carbonyl (C=O) groups is 2. The van der Waals surface area contributed by atoms with Crippen LogP contribution >= 0.6 is 0 Å². The normalized spacial score (nSPS) is 9.95. The van der Waals surface area contributed by atoms with Gasteiger partial charge < -0.3 is 10.0 Å². The topological polar surface area (TPSA) is 84.6 Å². The van der Waals surface area contributed by atoms with Gasteiger partial charge in [0.25, 0.3) is 0 Å². The van der Waals surface area contributed by atoms with Gasteiger partial charge in [0.1, 0.15) is 6.54 Å². The van der Waals surface area contributed by atoms with E-state index in [9.17, 15) is 9.59 Å². The summed E-state index contributed by atoms with van der Waals surface area (Å²) in [4.78, 5) is 25.7. The number of hydrogen-bond donors (Lipinski definition) is 1. The molecule has 0 heterocycles. The first-order valence-electron chi connectivity index (χ1n) is 6.13. The third kappa shape index (κ3) is 3.72. The summed E-state index contributed by atoms with van der Waals surface area (Å²) >= 11 is 0. The molecular formula is C14H17N3O3. The van der Waals surface area contributed by atoms with Crippen LogP contribution < -0.4 is 4.90 Å². The van der Waals surface area contributed by atoms with Crippen molar-refractivity contribution in [1.82, 2.24) is 4.90 Å². The molecule has 0 aliphatic carbocycles. The molecule has 0 unspecified atom stereocenters. The molecule has 6 nitrogen and oxygen atoms in total. The van der Waals surface area contributed by atoms with E-state index in [1.54, 1.807) is 45.2 Å². The van der Waals surface area contributed by atoms with E-state index in [2.05, 4.69) is 0 Å². The van der Waals surface area contributed by atoms with Crippen LogP contribution in [0.25, 0.3) is 0 Å². The Morgan fingerprint density at radius 2 is 2.05 bits per heavy atom. The lowest BCUT2D eigenvalue weighted by molar-refractivity contribution is -0.137. The zero-order valence-corrected chi connectivity index (χ0v) is 11.7. The molecule has 0 aliphatic heterocycles. The maximum atomic E-state index is 12.3. The minimum Gasteiger partial charge on any atom is -0.480 e. The first kappa shape index (κ1) is 15.5. The van der Waals surface area contributed by atoms with E-state index in [0.29, 0.717) is 11.3 Å². The Labute approximate surface area is 117 Å². The van der Waals surface area contributed by atoms with E-state index < -0.39 is 12.0 Å². The van der Waals surface area contributed by atoms with E-state index in [1.807, 2.05) is 6.07 Å². The van der Waals surface area contributed by atoms with Gasteiger partial charge in [-0.05, 0) is 32.0 Å². The lowest BCUT2D eigenvalue weighted by Crippen LogP contribution is -2.47. The Kier molecular flexibility index (Phi) is 5.09. The second kappa shape index (κ2) is 6.57. The molecule has 1 aromatic carbocycles. The van der Waals surface area contributed by atoms with Gasteiger partial charge in [-0.1, -0.05) is 6.07 Å².